The maximum absolute atomic E-state index is 5.56. The molecule has 96 valence electrons. The van der Waals surface area contributed by atoms with Crippen molar-refractivity contribution in [1.29, 1.82) is 0 Å². The van der Waals surface area contributed by atoms with Gasteiger partial charge in [-0.05, 0) is 19.8 Å². The largest absolute Gasteiger partial charge is 0.348 e. The Bertz CT molecular complexity index is 266. The topological polar surface area (TPSA) is 18.5 Å². The lowest BCUT2D eigenvalue weighted by atomic mass is 10.1. The molecule has 0 unspecified atom stereocenters. The van der Waals surface area contributed by atoms with Crippen molar-refractivity contribution in [2.75, 3.05) is 13.2 Å². The molecule has 1 fully saturated rings. The number of rotatable bonds is 7. The van der Waals surface area contributed by atoms with Crippen LogP contribution in [0.1, 0.15) is 51.9 Å². The van der Waals surface area contributed by atoms with Gasteiger partial charge in [-0.25, -0.2) is 0 Å². The minimum Gasteiger partial charge on any atom is -0.348 e. The number of unbranched alkanes of at least 4 members (excludes halogenated alkanes) is 4. The van der Waals surface area contributed by atoms with Gasteiger partial charge in [0.2, 0.25) is 0 Å². The van der Waals surface area contributed by atoms with E-state index in [4.69, 9.17) is 9.47 Å². The van der Waals surface area contributed by atoms with Gasteiger partial charge in [0.05, 0.1) is 13.2 Å². The molecule has 1 saturated heterocycles. The Morgan fingerprint density at radius 2 is 1.82 bits per heavy atom. The number of ether oxygens (including phenoxy) is 2. The molecule has 17 heavy (non-hydrogen) atoms. The average molecular weight is 236 g/mol. The SMILES string of the molecule is C=CCC#CCCCCCCC1(C)OCCO1. The molecule has 1 heterocycles. The maximum atomic E-state index is 5.56. The highest BCUT2D eigenvalue weighted by Crippen LogP contribution is 2.25. The van der Waals surface area contributed by atoms with Crippen LogP contribution in [0.4, 0.5) is 0 Å². The molecular formula is C15H24O2. The monoisotopic (exact) mass is 236 g/mol. The maximum Gasteiger partial charge on any atom is 0.165 e. The minimum atomic E-state index is -0.302. The smallest absolute Gasteiger partial charge is 0.165 e. The lowest BCUT2D eigenvalue weighted by Crippen LogP contribution is -2.24. The normalized spacial score (nSPS) is 17.5. The fraction of sp³-hybridized carbons (Fsp3) is 0.733. The molecule has 0 N–H and O–H groups in total. The summed E-state index contributed by atoms with van der Waals surface area (Å²) in [6, 6.07) is 0. The van der Waals surface area contributed by atoms with E-state index in [1.807, 2.05) is 13.0 Å². The van der Waals surface area contributed by atoms with E-state index in [1.54, 1.807) is 0 Å². The molecule has 0 aromatic heterocycles. The van der Waals surface area contributed by atoms with E-state index in [-0.39, 0.29) is 5.79 Å². The molecule has 0 aromatic carbocycles. The van der Waals surface area contributed by atoms with E-state index in [0.717, 1.165) is 32.5 Å². The van der Waals surface area contributed by atoms with Gasteiger partial charge < -0.3 is 9.47 Å². The van der Waals surface area contributed by atoms with E-state index in [2.05, 4.69) is 18.4 Å². The molecular weight excluding hydrogens is 212 g/mol. The van der Waals surface area contributed by atoms with E-state index in [1.165, 1.54) is 25.7 Å². The second-order valence-electron chi connectivity index (χ2n) is 4.59. The Balaban J connectivity index is 1.91. The molecule has 0 amide bonds. The predicted octanol–water partition coefficient (Wildman–Crippen LogP) is 3.67. The van der Waals surface area contributed by atoms with Crippen molar-refractivity contribution in [2.45, 2.75) is 57.7 Å². The standard InChI is InChI=1S/C15H24O2/c1-3-4-5-6-7-8-9-10-11-12-15(2)16-13-14-17-15/h3H,1,4,7-14H2,2H3. The van der Waals surface area contributed by atoms with Gasteiger partial charge in [-0.15, -0.1) is 12.5 Å². The summed E-state index contributed by atoms with van der Waals surface area (Å²) in [4.78, 5) is 0. The summed E-state index contributed by atoms with van der Waals surface area (Å²) >= 11 is 0. The van der Waals surface area contributed by atoms with Crippen LogP contribution in [0.3, 0.4) is 0 Å². The van der Waals surface area contributed by atoms with Crippen LogP contribution < -0.4 is 0 Å². The van der Waals surface area contributed by atoms with Crippen LogP contribution in [0.15, 0.2) is 12.7 Å². The first-order valence-electron chi connectivity index (χ1n) is 6.61. The molecule has 1 aliphatic rings. The molecule has 2 nitrogen and oxygen atoms in total. The molecule has 0 bridgehead atoms. The molecule has 0 aromatic rings. The molecule has 2 heteroatoms. The van der Waals surface area contributed by atoms with Crippen LogP contribution in [0.2, 0.25) is 0 Å². The summed E-state index contributed by atoms with van der Waals surface area (Å²) in [7, 11) is 0. The molecule has 0 atom stereocenters. The number of hydrogen-bond donors (Lipinski definition) is 0. The first kappa shape index (κ1) is 14.3. The van der Waals surface area contributed by atoms with E-state index < -0.39 is 0 Å². The Morgan fingerprint density at radius 1 is 1.12 bits per heavy atom. The predicted molar refractivity (Wildman–Crippen MR) is 70.6 cm³/mol. The van der Waals surface area contributed by atoms with Crippen molar-refractivity contribution in [2.24, 2.45) is 0 Å². The zero-order chi connectivity index (χ0) is 12.4. The van der Waals surface area contributed by atoms with Gasteiger partial charge in [-0.3, -0.25) is 0 Å². The van der Waals surface area contributed by atoms with Gasteiger partial charge in [-0.1, -0.05) is 24.8 Å². The molecule has 0 aliphatic carbocycles. The van der Waals surface area contributed by atoms with E-state index >= 15 is 0 Å². The Morgan fingerprint density at radius 3 is 2.53 bits per heavy atom. The fourth-order valence-electron chi connectivity index (χ4n) is 1.95. The van der Waals surface area contributed by atoms with Crippen molar-refractivity contribution in [3.8, 4) is 11.8 Å². The van der Waals surface area contributed by atoms with Crippen LogP contribution in [-0.2, 0) is 9.47 Å². The van der Waals surface area contributed by atoms with Crippen LogP contribution in [0, 0.1) is 11.8 Å². The van der Waals surface area contributed by atoms with E-state index in [9.17, 15) is 0 Å². The third-order valence-corrected chi connectivity index (χ3v) is 2.95. The fourth-order valence-corrected chi connectivity index (χ4v) is 1.95. The van der Waals surface area contributed by atoms with Gasteiger partial charge in [0.25, 0.3) is 0 Å². The third-order valence-electron chi connectivity index (χ3n) is 2.95. The molecule has 0 spiro atoms. The van der Waals surface area contributed by atoms with Crippen molar-refractivity contribution in [1.82, 2.24) is 0 Å². The molecule has 1 rings (SSSR count). The highest BCUT2D eigenvalue weighted by atomic mass is 16.7. The number of allylic oxidation sites excluding steroid dienone is 1. The van der Waals surface area contributed by atoms with Crippen LogP contribution in [-0.4, -0.2) is 19.0 Å². The number of hydrogen-bond acceptors (Lipinski definition) is 2. The Labute approximate surface area is 105 Å². The lowest BCUT2D eigenvalue weighted by molar-refractivity contribution is -0.147. The summed E-state index contributed by atoms with van der Waals surface area (Å²) < 4.78 is 11.1. The summed E-state index contributed by atoms with van der Waals surface area (Å²) in [6.07, 6.45) is 9.54. The lowest BCUT2D eigenvalue weighted by Gasteiger charge is -2.21. The summed E-state index contributed by atoms with van der Waals surface area (Å²) in [5.74, 6) is 5.92. The van der Waals surface area contributed by atoms with Crippen molar-refractivity contribution >= 4 is 0 Å². The molecule has 0 saturated carbocycles. The van der Waals surface area contributed by atoms with Crippen molar-refractivity contribution in [3.05, 3.63) is 12.7 Å². The van der Waals surface area contributed by atoms with Crippen molar-refractivity contribution < 1.29 is 9.47 Å². The van der Waals surface area contributed by atoms with Crippen LogP contribution in [0.5, 0.6) is 0 Å². The molecule has 0 radical (unpaired) electrons. The minimum absolute atomic E-state index is 0.302. The van der Waals surface area contributed by atoms with Crippen molar-refractivity contribution in [3.63, 3.8) is 0 Å². The van der Waals surface area contributed by atoms with Gasteiger partial charge in [0.1, 0.15) is 0 Å². The van der Waals surface area contributed by atoms with Crippen LogP contribution in [0.25, 0.3) is 0 Å². The summed E-state index contributed by atoms with van der Waals surface area (Å²) in [5, 5.41) is 0. The van der Waals surface area contributed by atoms with Gasteiger partial charge in [0.15, 0.2) is 5.79 Å². The van der Waals surface area contributed by atoms with E-state index in [0.29, 0.717) is 0 Å². The van der Waals surface area contributed by atoms with Gasteiger partial charge >= 0.3 is 0 Å². The Hall–Kier alpha value is -0.780. The highest BCUT2D eigenvalue weighted by molar-refractivity contribution is 5.02. The second-order valence-corrected chi connectivity index (χ2v) is 4.59. The van der Waals surface area contributed by atoms with Crippen LogP contribution >= 0.6 is 0 Å². The third kappa shape index (κ3) is 6.51. The first-order valence-corrected chi connectivity index (χ1v) is 6.61. The zero-order valence-corrected chi connectivity index (χ0v) is 11.0. The quantitative estimate of drug-likeness (QED) is 0.381. The molecule has 1 aliphatic heterocycles. The second kappa shape index (κ2) is 8.33. The zero-order valence-electron chi connectivity index (χ0n) is 11.0. The average Bonchev–Trinajstić information content (AvgIpc) is 2.74. The summed E-state index contributed by atoms with van der Waals surface area (Å²) in [5.41, 5.74) is 0. The Kier molecular flexibility index (Phi) is 7.00. The highest BCUT2D eigenvalue weighted by Gasteiger charge is 2.29. The van der Waals surface area contributed by atoms with Gasteiger partial charge in [0, 0.05) is 19.3 Å². The van der Waals surface area contributed by atoms with Gasteiger partial charge in [-0.2, -0.15) is 0 Å². The summed E-state index contributed by atoms with van der Waals surface area (Å²) in [6.45, 7) is 7.17. The first-order chi connectivity index (χ1) is 8.27.